The van der Waals surface area contributed by atoms with Gasteiger partial charge in [-0.3, -0.25) is 14.5 Å². The van der Waals surface area contributed by atoms with E-state index in [-0.39, 0.29) is 30.2 Å². The molecule has 2 aliphatic rings. The molecule has 0 radical (unpaired) electrons. The Kier molecular flexibility index (Phi) is 4.89. The number of imide groups is 1. The van der Waals surface area contributed by atoms with Gasteiger partial charge in [-0.25, -0.2) is 4.90 Å². The van der Waals surface area contributed by atoms with Crippen LogP contribution >= 0.6 is 0 Å². The molecule has 0 bridgehead atoms. The van der Waals surface area contributed by atoms with Crippen molar-refractivity contribution in [2.24, 2.45) is 0 Å². The minimum atomic E-state index is -0.477. The molecule has 3 aromatic carbocycles. The number of H-pyrrole nitrogens is 1. The van der Waals surface area contributed by atoms with Gasteiger partial charge in [-0.1, -0.05) is 66.2 Å². The highest BCUT2D eigenvalue weighted by molar-refractivity contribution is 6.22. The fourth-order valence-corrected chi connectivity index (χ4v) is 5.71. The molecule has 1 fully saturated rings. The van der Waals surface area contributed by atoms with E-state index < -0.39 is 6.04 Å². The Hall–Kier alpha value is -3.70. The highest BCUT2D eigenvalue weighted by Gasteiger charge is 2.47. The Morgan fingerprint density at radius 3 is 2.35 bits per heavy atom. The Labute approximate surface area is 199 Å². The Morgan fingerprint density at radius 2 is 1.59 bits per heavy atom. The van der Waals surface area contributed by atoms with Crippen molar-refractivity contribution >= 4 is 28.4 Å². The molecule has 1 N–H and O–H groups in total. The molecule has 3 unspecified atom stereocenters. The van der Waals surface area contributed by atoms with Gasteiger partial charge in [-0.05, 0) is 43.2 Å². The van der Waals surface area contributed by atoms with E-state index in [0.29, 0.717) is 12.2 Å². The van der Waals surface area contributed by atoms with E-state index in [9.17, 15) is 9.59 Å². The summed E-state index contributed by atoms with van der Waals surface area (Å²) in [6.07, 6.45) is 0.203. The second kappa shape index (κ2) is 7.96. The molecule has 3 atom stereocenters. The van der Waals surface area contributed by atoms with Crippen molar-refractivity contribution in [2.75, 3.05) is 11.4 Å². The summed E-state index contributed by atoms with van der Waals surface area (Å²) in [6, 6.07) is 26.0. The van der Waals surface area contributed by atoms with E-state index in [2.05, 4.69) is 59.3 Å². The molecule has 4 aromatic rings. The molecular weight excluding hydrogens is 422 g/mol. The van der Waals surface area contributed by atoms with Crippen LogP contribution in [0.15, 0.2) is 78.9 Å². The summed E-state index contributed by atoms with van der Waals surface area (Å²) in [4.78, 5) is 33.9. The van der Waals surface area contributed by atoms with Crippen LogP contribution in [0.25, 0.3) is 10.9 Å². The number of rotatable bonds is 3. The van der Waals surface area contributed by atoms with Gasteiger partial charge in [0.25, 0.3) is 5.91 Å². The minimum Gasteiger partial charge on any atom is -0.357 e. The maximum absolute atomic E-state index is 13.6. The van der Waals surface area contributed by atoms with Crippen LogP contribution in [0, 0.1) is 6.92 Å². The fraction of sp³-hybridized carbons (Fsp3) is 0.241. The maximum atomic E-state index is 13.6. The van der Waals surface area contributed by atoms with Gasteiger partial charge in [0.1, 0.15) is 0 Å². The van der Waals surface area contributed by atoms with Gasteiger partial charge in [0.2, 0.25) is 5.91 Å². The summed E-state index contributed by atoms with van der Waals surface area (Å²) in [6.45, 7) is 4.82. The predicted molar refractivity (Wildman–Crippen MR) is 134 cm³/mol. The first-order valence-corrected chi connectivity index (χ1v) is 11.9. The maximum Gasteiger partial charge on any atom is 0.251 e. The van der Waals surface area contributed by atoms with Gasteiger partial charge in [0.15, 0.2) is 0 Å². The number of para-hydroxylation sites is 1. The lowest BCUT2D eigenvalue weighted by Crippen LogP contribution is -2.47. The molecule has 2 amide bonds. The molecular formula is C29H27N3O2. The van der Waals surface area contributed by atoms with E-state index in [4.69, 9.17) is 0 Å². The number of anilines is 1. The molecule has 5 nitrogen and oxygen atoms in total. The summed E-state index contributed by atoms with van der Waals surface area (Å²) in [5.41, 5.74) is 6.52. The molecule has 2 aliphatic heterocycles. The third kappa shape index (κ3) is 3.19. The first-order chi connectivity index (χ1) is 16.5. The smallest absolute Gasteiger partial charge is 0.251 e. The number of carbonyl (C=O) groups excluding carboxylic acids is 2. The summed E-state index contributed by atoms with van der Waals surface area (Å²) < 4.78 is 0. The standard InChI is InChI=1S/C29H27N3O2/c1-18-12-14-21(15-13-18)32-26(33)16-25(29(32)34)31-17-23(20-8-4-3-5-9-20)27-22-10-6-7-11-24(22)30-28(27)19(31)2/h3-15,19,23,25,30H,16-17H2,1-2H3. The van der Waals surface area contributed by atoms with E-state index in [1.807, 2.05) is 43.3 Å². The Balaban J connectivity index is 1.42. The number of aryl methyl sites for hydroxylation is 1. The number of amides is 2. The molecule has 1 saturated heterocycles. The highest BCUT2D eigenvalue weighted by Crippen LogP contribution is 2.45. The quantitative estimate of drug-likeness (QED) is 0.431. The highest BCUT2D eigenvalue weighted by atomic mass is 16.2. The number of nitrogens with zero attached hydrogens (tertiary/aromatic N) is 2. The second-order valence-electron chi connectivity index (χ2n) is 9.46. The molecule has 170 valence electrons. The average Bonchev–Trinajstić information content (AvgIpc) is 3.38. The van der Waals surface area contributed by atoms with Gasteiger partial charge in [0, 0.05) is 35.1 Å². The second-order valence-corrected chi connectivity index (χ2v) is 9.46. The van der Waals surface area contributed by atoms with Crippen molar-refractivity contribution in [3.05, 3.63) is 101 Å². The van der Waals surface area contributed by atoms with E-state index in [1.165, 1.54) is 21.4 Å². The lowest BCUT2D eigenvalue weighted by molar-refractivity contribution is -0.123. The van der Waals surface area contributed by atoms with Crippen LogP contribution in [0.1, 0.15) is 47.7 Å². The monoisotopic (exact) mass is 449 g/mol. The van der Waals surface area contributed by atoms with Crippen LogP contribution in [0.4, 0.5) is 5.69 Å². The van der Waals surface area contributed by atoms with E-state index in [0.717, 1.165) is 16.8 Å². The normalized spacial score (nSPS) is 23.0. The molecule has 5 heteroatoms. The van der Waals surface area contributed by atoms with Crippen LogP contribution in [0.5, 0.6) is 0 Å². The number of aromatic nitrogens is 1. The SMILES string of the molecule is Cc1ccc(N2C(=O)CC(N3CC(c4ccccc4)c4c([nH]c5ccccc45)C3C)C2=O)cc1. The lowest BCUT2D eigenvalue weighted by atomic mass is 9.83. The number of nitrogens with one attached hydrogen (secondary N) is 1. The summed E-state index contributed by atoms with van der Waals surface area (Å²) >= 11 is 0. The Bertz CT molecular complexity index is 1390. The first kappa shape index (κ1) is 20.9. The van der Waals surface area contributed by atoms with Crippen molar-refractivity contribution < 1.29 is 9.59 Å². The van der Waals surface area contributed by atoms with E-state index >= 15 is 0 Å². The van der Waals surface area contributed by atoms with Crippen molar-refractivity contribution in [1.82, 2.24) is 9.88 Å². The van der Waals surface area contributed by atoms with Crippen LogP contribution in [-0.4, -0.2) is 34.3 Å². The third-order valence-electron chi connectivity index (χ3n) is 7.45. The van der Waals surface area contributed by atoms with Gasteiger partial charge >= 0.3 is 0 Å². The number of carbonyl (C=O) groups is 2. The molecule has 6 rings (SSSR count). The summed E-state index contributed by atoms with van der Waals surface area (Å²) in [5, 5.41) is 1.23. The summed E-state index contributed by atoms with van der Waals surface area (Å²) in [5.74, 6) is -0.156. The third-order valence-corrected chi connectivity index (χ3v) is 7.45. The van der Waals surface area contributed by atoms with Crippen LogP contribution in [0.3, 0.4) is 0 Å². The number of hydrogen-bond donors (Lipinski definition) is 1. The average molecular weight is 450 g/mol. The summed E-state index contributed by atoms with van der Waals surface area (Å²) in [7, 11) is 0. The van der Waals surface area contributed by atoms with Crippen molar-refractivity contribution in [3.8, 4) is 0 Å². The number of hydrogen-bond acceptors (Lipinski definition) is 3. The van der Waals surface area contributed by atoms with Gasteiger partial charge < -0.3 is 4.98 Å². The zero-order valence-electron chi connectivity index (χ0n) is 19.4. The largest absolute Gasteiger partial charge is 0.357 e. The number of aromatic amines is 1. The molecule has 0 spiro atoms. The van der Waals surface area contributed by atoms with Gasteiger partial charge in [0.05, 0.1) is 18.2 Å². The Morgan fingerprint density at radius 1 is 0.882 bits per heavy atom. The van der Waals surface area contributed by atoms with Gasteiger partial charge in [-0.15, -0.1) is 0 Å². The van der Waals surface area contributed by atoms with Crippen LogP contribution in [0.2, 0.25) is 0 Å². The molecule has 1 aromatic heterocycles. The topological polar surface area (TPSA) is 56.4 Å². The minimum absolute atomic E-state index is 0.0120. The van der Waals surface area contributed by atoms with Crippen molar-refractivity contribution in [3.63, 3.8) is 0 Å². The molecule has 0 saturated carbocycles. The fourth-order valence-electron chi connectivity index (χ4n) is 5.71. The van der Waals surface area contributed by atoms with E-state index in [1.54, 1.807) is 0 Å². The molecule has 3 heterocycles. The first-order valence-electron chi connectivity index (χ1n) is 11.9. The predicted octanol–water partition coefficient (Wildman–Crippen LogP) is 5.32. The molecule has 0 aliphatic carbocycles. The van der Waals surface area contributed by atoms with Crippen LogP contribution < -0.4 is 4.90 Å². The number of benzene rings is 3. The zero-order chi connectivity index (χ0) is 23.4. The lowest BCUT2D eigenvalue weighted by Gasteiger charge is -2.40. The van der Waals surface area contributed by atoms with Crippen molar-refractivity contribution in [1.29, 1.82) is 0 Å². The molecule has 34 heavy (non-hydrogen) atoms. The van der Waals surface area contributed by atoms with Crippen molar-refractivity contribution in [2.45, 2.75) is 38.3 Å². The van der Waals surface area contributed by atoms with Gasteiger partial charge in [-0.2, -0.15) is 0 Å². The van der Waals surface area contributed by atoms with Crippen LogP contribution in [-0.2, 0) is 9.59 Å². The zero-order valence-corrected chi connectivity index (χ0v) is 19.4. The number of fused-ring (bicyclic) bond motifs is 3.